The minimum Gasteiger partial charge on any atom is -0.504 e. The van der Waals surface area contributed by atoms with Crippen molar-refractivity contribution in [1.82, 2.24) is 5.32 Å². The third-order valence-electron chi connectivity index (χ3n) is 2.56. The fraction of sp³-hybridized carbons (Fsp3) is 0.417. The number of para-hydroxylation sites is 1. The Balaban J connectivity index is 2.79. The number of nitrogens with one attached hydrogen (secondary N) is 1. The lowest BCUT2D eigenvalue weighted by Crippen LogP contribution is -2.35. The van der Waals surface area contributed by atoms with Gasteiger partial charge in [0.2, 0.25) is 0 Å². The number of aliphatic hydroxyl groups excluding tert-OH is 1. The normalized spacial score (nSPS) is 12.1. The minimum atomic E-state index is -0.460. The number of aliphatic hydroxyl groups is 1. The zero-order valence-corrected chi connectivity index (χ0v) is 9.68. The number of aromatic hydroxyl groups is 2. The largest absolute Gasteiger partial charge is 0.504 e. The van der Waals surface area contributed by atoms with Gasteiger partial charge in [0.1, 0.15) is 0 Å². The van der Waals surface area contributed by atoms with E-state index in [1.165, 1.54) is 18.2 Å². The lowest BCUT2D eigenvalue weighted by molar-refractivity contribution is 0.0925. The van der Waals surface area contributed by atoms with E-state index in [0.29, 0.717) is 12.8 Å². The highest BCUT2D eigenvalue weighted by Gasteiger charge is 2.16. The first-order valence-corrected chi connectivity index (χ1v) is 5.52. The summed E-state index contributed by atoms with van der Waals surface area (Å²) in [5.41, 5.74) is 0.0291. The third-order valence-corrected chi connectivity index (χ3v) is 2.56. The van der Waals surface area contributed by atoms with Crippen molar-refractivity contribution >= 4 is 5.91 Å². The lowest BCUT2D eigenvalue weighted by Gasteiger charge is -2.16. The maximum absolute atomic E-state index is 11.8. The van der Waals surface area contributed by atoms with Crippen LogP contribution in [0.25, 0.3) is 0 Å². The molecule has 1 aromatic carbocycles. The van der Waals surface area contributed by atoms with Gasteiger partial charge in [-0.1, -0.05) is 13.0 Å². The van der Waals surface area contributed by atoms with Gasteiger partial charge in [-0.25, -0.2) is 0 Å². The molecule has 0 aliphatic carbocycles. The molecule has 0 aliphatic rings. The number of hydrogen-bond acceptors (Lipinski definition) is 4. The van der Waals surface area contributed by atoms with Crippen molar-refractivity contribution < 1.29 is 20.1 Å². The molecule has 0 spiro atoms. The smallest absolute Gasteiger partial charge is 0.255 e. The fourth-order valence-corrected chi connectivity index (χ4v) is 1.51. The first-order valence-electron chi connectivity index (χ1n) is 5.52. The van der Waals surface area contributed by atoms with Crippen LogP contribution < -0.4 is 5.32 Å². The highest BCUT2D eigenvalue weighted by molar-refractivity contribution is 5.97. The van der Waals surface area contributed by atoms with Crippen LogP contribution in [0.4, 0.5) is 0 Å². The second-order valence-corrected chi connectivity index (χ2v) is 3.76. The molecule has 1 rings (SSSR count). The number of benzene rings is 1. The van der Waals surface area contributed by atoms with Gasteiger partial charge in [-0.2, -0.15) is 0 Å². The fourth-order valence-electron chi connectivity index (χ4n) is 1.51. The summed E-state index contributed by atoms with van der Waals surface area (Å²) in [6.45, 7) is 1.88. The third kappa shape index (κ3) is 3.35. The van der Waals surface area contributed by atoms with Crippen LogP contribution >= 0.6 is 0 Å². The van der Waals surface area contributed by atoms with Crippen LogP contribution in [-0.4, -0.2) is 33.9 Å². The number of amides is 1. The van der Waals surface area contributed by atoms with E-state index in [4.69, 9.17) is 5.11 Å². The average Bonchev–Trinajstić information content (AvgIpc) is 2.31. The number of carbonyl (C=O) groups excluding carboxylic acids is 1. The molecule has 1 atom stereocenters. The summed E-state index contributed by atoms with van der Waals surface area (Å²) in [4.78, 5) is 11.8. The van der Waals surface area contributed by atoms with Gasteiger partial charge in [-0.3, -0.25) is 4.79 Å². The van der Waals surface area contributed by atoms with Gasteiger partial charge in [-0.15, -0.1) is 0 Å². The summed E-state index contributed by atoms with van der Waals surface area (Å²) in [6.07, 6.45) is 1.15. The topological polar surface area (TPSA) is 89.8 Å². The summed E-state index contributed by atoms with van der Waals surface area (Å²) < 4.78 is 0. The Bertz CT molecular complexity index is 392. The Morgan fingerprint density at radius 3 is 2.71 bits per heavy atom. The molecule has 1 aromatic rings. The first-order chi connectivity index (χ1) is 8.10. The van der Waals surface area contributed by atoms with Crippen molar-refractivity contribution in [2.75, 3.05) is 6.61 Å². The van der Waals surface area contributed by atoms with E-state index in [1.54, 1.807) is 0 Å². The highest BCUT2D eigenvalue weighted by atomic mass is 16.3. The predicted molar refractivity (Wildman–Crippen MR) is 63.0 cm³/mol. The molecular weight excluding hydrogens is 222 g/mol. The van der Waals surface area contributed by atoms with E-state index < -0.39 is 11.7 Å². The average molecular weight is 239 g/mol. The second-order valence-electron chi connectivity index (χ2n) is 3.76. The Labute approximate surface area is 99.7 Å². The minimum absolute atomic E-state index is 0.00912. The lowest BCUT2D eigenvalue weighted by atomic mass is 10.1. The van der Waals surface area contributed by atoms with Gasteiger partial charge < -0.3 is 20.6 Å². The van der Waals surface area contributed by atoms with Gasteiger partial charge in [0, 0.05) is 12.6 Å². The molecule has 0 heterocycles. The van der Waals surface area contributed by atoms with Crippen molar-refractivity contribution in [3.8, 4) is 11.5 Å². The Hall–Kier alpha value is -1.75. The maximum Gasteiger partial charge on any atom is 0.255 e. The monoisotopic (exact) mass is 239 g/mol. The summed E-state index contributed by atoms with van der Waals surface area (Å²) in [6, 6.07) is 4.07. The number of hydrogen-bond donors (Lipinski definition) is 4. The van der Waals surface area contributed by atoms with E-state index in [-0.39, 0.29) is 24.0 Å². The predicted octanol–water partition coefficient (Wildman–Crippen LogP) is 0.989. The molecule has 5 heteroatoms. The van der Waals surface area contributed by atoms with E-state index in [2.05, 4.69) is 5.32 Å². The van der Waals surface area contributed by atoms with Crippen molar-refractivity contribution in [1.29, 1.82) is 0 Å². The Morgan fingerprint density at radius 2 is 2.12 bits per heavy atom. The summed E-state index contributed by atoms with van der Waals surface area (Å²) in [5, 5.41) is 30.3. The van der Waals surface area contributed by atoms with Gasteiger partial charge in [0.15, 0.2) is 11.5 Å². The molecule has 0 fully saturated rings. The molecule has 0 saturated heterocycles. The Kier molecular flexibility index (Phi) is 4.78. The van der Waals surface area contributed by atoms with Crippen LogP contribution in [0.15, 0.2) is 18.2 Å². The molecular formula is C12H17NO4. The van der Waals surface area contributed by atoms with Crippen LogP contribution in [0, 0.1) is 0 Å². The van der Waals surface area contributed by atoms with E-state index in [1.807, 2.05) is 6.92 Å². The summed E-state index contributed by atoms with van der Waals surface area (Å²) in [5.74, 6) is -1.21. The molecule has 0 bridgehead atoms. The standard InChI is InChI=1S/C12H17NO4/c1-2-8(6-7-14)13-12(17)9-4-3-5-10(15)11(9)16/h3-5,8,14-16H,2,6-7H2,1H3,(H,13,17). The van der Waals surface area contributed by atoms with Crippen molar-refractivity contribution in [3.63, 3.8) is 0 Å². The molecule has 5 nitrogen and oxygen atoms in total. The zero-order chi connectivity index (χ0) is 12.8. The number of phenolic OH excluding ortho intramolecular Hbond substituents is 2. The van der Waals surface area contributed by atoms with Gasteiger partial charge in [0.25, 0.3) is 5.91 Å². The molecule has 0 aliphatic heterocycles. The van der Waals surface area contributed by atoms with Crippen LogP contribution in [-0.2, 0) is 0 Å². The van der Waals surface area contributed by atoms with Crippen LogP contribution in [0.1, 0.15) is 30.1 Å². The molecule has 0 aromatic heterocycles. The first kappa shape index (κ1) is 13.3. The van der Waals surface area contributed by atoms with Gasteiger partial charge >= 0.3 is 0 Å². The quantitative estimate of drug-likeness (QED) is 0.577. The van der Waals surface area contributed by atoms with Crippen LogP contribution in [0.3, 0.4) is 0 Å². The second kappa shape index (κ2) is 6.10. The highest BCUT2D eigenvalue weighted by Crippen LogP contribution is 2.28. The van der Waals surface area contributed by atoms with Crippen LogP contribution in [0.2, 0.25) is 0 Å². The molecule has 1 unspecified atom stereocenters. The van der Waals surface area contributed by atoms with Gasteiger partial charge in [0.05, 0.1) is 5.56 Å². The van der Waals surface area contributed by atoms with Gasteiger partial charge in [-0.05, 0) is 25.0 Å². The number of phenols is 2. The van der Waals surface area contributed by atoms with E-state index >= 15 is 0 Å². The summed E-state index contributed by atoms with van der Waals surface area (Å²) >= 11 is 0. The molecule has 17 heavy (non-hydrogen) atoms. The maximum atomic E-state index is 11.8. The van der Waals surface area contributed by atoms with E-state index in [0.717, 1.165) is 0 Å². The molecule has 4 N–H and O–H groups in total. The number of rotatable bonds is 5. The van der Waals surface area contributed by atoms with Crippen LogP contribution in [0.5, 0.6) is 11.5 Å². The molecule has 94 valence electrons. The molecule has 0 radical (unpaired) electrons. The van der Waals surface area contributed by atoms with E-state index in [9.17, 15) is 15.0 Å². The SMILES string of the molecule is CCC(CCO)NC(=O)c1cccc(O)c1O. The molecule has 0 saturated carbocycles. The number of carbonyl (C=O) groups is 1. The molecule has 1 amide bonds. The summed E-state index contributed by atoms with van der Waals surface area (Å²) in [7, 11) is 0. The van der Waals surface area contributed by atoms with Crippen molar-refractivity contribution in [3.05, 3.63) is 23.8 Å². The van der Waals surface area contributed by atoms with Crippen molar-refractivity contribution in [2.24, 2.45) is 0 Å². The zero-order valence-electron chi connectivity index (χ0n) is 9.68. The van der Waals surface area contributed by atoms with Crippen molar-refractivity contribution in [2.45, 2.75) is 25.8 Å². The Morgan fingerprint density at radius 1 is 1.41 bits per heavy atom.